The molecule has 132 valence electrons. The lowest BCUT2D eigenvalue weighted by molar-refractivity contribution is -0.212. The van der Waals surface area contributed by atoms with E-state index in [0.717, 1.165) is 38.7 Å². The van der Waals surface area contributed by atoms with E-state index >= 15 is 0 Å². The van der Waals surface area contributed by atoms with Crippen LogP contribution < -0.4 is 0 Å². The summed E-state index contributed by atoms with van der Waals surface area (Å²) in [6, 6.07) is 0. The van der Waals surface area contributed by atoms with Gasteiger partial charge < -0.3 is 24.4 Å². The van der Waals surface area contributed by atoms with Gasteiger partial charge in [0.1, 0.15) is 0 Å². The number of rotatable bonds is 7. The summed E-state index contributed by atoms with van der Waals surface area (Å²) in [7, 11) is 0. The van der Waals surface area contributed by atoms with E-state index < -0.39 is 11.8 Å². The van der Waals surface area contributed by atoms with E-state index in [1.807, 2.05) is 0 Å². The van der Waals surface area contributed by atoms with Crippen LogP contribution in [0.3, 0.4) is 0 Å². The molecule has 2 heterocycles. The third-order valence-corrected chi connectivity index (χ3v) is 5.23. The van der Waals surface area contributed by atoms with Gasteiger partial charge in [0, 0.05) is 32.3 Å². The van der Waals surface area contributed by atoms with Crippen LogP contribution in [0.25, 0.3) is 0 Å². The van der Waals surface area contributed by atoms with Gasteiger partial charge in [0.05, 0.1) is 12.2 Å². The molecule has 2 saturated heterocycles. The molecule has 6 nitrogen and oxygen atoms in total. The van der Waals surface area contributed by atoms with Gasteiger partial charge in [0.15, 0.2) is 12.1 Å². The predicted octanol–water partition coefficient (Wildman–Crippen LogP) is 2.43. The highest BCUT2D eigenvalue weighted by atomic mass is 16.7. The van der Waals surface area contributed by atoms with Gasteiger partial charge in [-0.3, -0.25) is 4.79 Å². The van der Waals surface area contributed by atoms with Crippen molar-refractivity contribution in [3.05, 3.63) is 0 Å². The molecule has 1 aliphatic carbocycles. The fourth-order valence-corrected chi connectivity index (χ4v) is 4.12. The van der Waals surface area contributed by atoms with Gasteiger partial charge >= 0.3 is 5.97 Å². The third kappa shape index (κ3) is 4.66. The Balaban J connectivity index is 1.39. The molecule has 5 atom stereocenters. The van der Waals surface area contributed by atoms with Crippen molar-refractivity contribution in [1.82, 2.24) is 0 Å². The van der Waals surface area contributed by atoms with Crippen LogP contribution in [0.4, 0.5) is 0 Å². The van der Waals surface area contributed by atoms with E-state index in [2.05, 4.69) is 0 Å². The largest absolute Gasteiger partial charge is 0.481 e. The number of carboxylic acids is 1. The van der Waals surface area contributed by atoms with E-state index in [-0.39, 0.29) is 24.9 Å². The van der Waals surface area contributed by atoms with Crippen LogP contribution in [0.15, 0.2) is 0 Å². The Bertz CT molecular complexity index is 392. The zero-order chi connectivity index (χ0) is 16.3. The molecule has 2 aliphatic heterocycles. The molecule has 3 rings (SSSR count). The zero-order valence-electron chi connectivity index (χ0n) is 13.6. The summed E-state index contributed by atoms with van der Waals surface area (Å²) < 4.78 is 17.5. The molecule has 5 unspecified atom stereocenters. The summed E-state index contributed by atoms with van der Waals surface area (Å²) in [4.78, 5) is 10.5. The Hall–Kier alpha value is -0.690. The first kappa shape index (κ1) is 17.1. The number of aliphatic carboxylic acids is 1. The molecule has 2 N–H and O–H groups in total. The van der Waals surface area contributed by atoms with Gasteiger partial charge in [0.2, 0.25) is 0 Å². The average molecular weight is 328 g/mol. The quantitative estimate of drug-likeness (QED) is 0.698. The first-order chi connectivity index (χ1) is 11.0. The van der Waals surface area contributed by atoms with Crippen molar-refractivity contribution >= 4 is 5.97 Å². The molecule has 6 heteroatoms. The maximum atomic E-state index is 10.5. The Morgan fingerprint density at radius 3 is 2.83 bits per heavy atom. The number of unbranched alkanes of at least 4 members (excludes halogenated alkanes) is 1. The van der Waals surface area contributed by atoms with Crippen molar-refractivity contribution in [2.75, 3.05) is 6.61 Å². The molecule has 0 aromatic heterocycles. The number of carboxylic acid groups (broad SMARTS) is 1. The highest BCUT2D eigenvalue weighted by Gasteiger charge is 2.50. The Kier molecular flexibility index (Phi) is 5.57. The van der Waals surface area contributed by atoms with Crippen LogP contribution in [0, 0.1) is 5.92 Å². The first-order valence-corrected chi connectivity index (χ1v) is 8.93. The summed E-state index contributed by atoms with van der Waals surface area (Å²) >= 11 is 0. The molecule has 0 radical (unpaired) electrons. The number of fused-ring (bicyclic) bond motifs is 1. The van der Waals surface area contributed by atoms with E-state index in [9.17, 15) is 9.90 Å². The van der Waals surface area contributed by atoms with Gasteiger partial charge in [-0.25, -0.2) is 0 Å². The van der Waals surface area contributed by atoms with Crippen LogP contribution in [-0.4, -0.2) is 47.1 Å². The fourth-order valence-electron chi connectivity index (χ4n) is 4.12. The maximum Gasteiger partial charge on any atom is 0.303 e. The van der Waals surface area contributed by atoms with Crippen LogP contribution in [0.1, 0.15) is 64.2 Å². The Morgan fingerprint density at radius 2 is 2.13 bits per heavy atom. The van der Waals surface area contributed by atoms with Crippen molar-refractivity contribution in [3.63, 3.8) is 0 Å². The van der Waals surface area contributed by atoms with Crippen molar-refractivity contribution in [2.24, 2.45) is 5.92 Å². The molecule has 23 heavy (non-hydrogen) atoms. The van der Waals surface area contributed by atoms with Crippen LogP contribution in [0.5, 0.6) is 0 Å². The van der Waals surface area contributed by atoms with Gasteiger partial charge in [-0.05, 0) is 44.4 Å². The normalized spacial score (nSPS) is 40.2. The molecule has 0 bridgehead atoms. The van der Waals surface area contributed by atoms with Gasteiger partial charge in [-0.15, -0.1) is 0 Å². The average Bonchev–Trinajstić information content (AvgIpc) is 2.99. The van der Waals surface area contributed by atoms with E-state index in [0.29, 0.717) is 31.6 Å². The Morgan fingerprint density at radius 1 is 1.26 bits per heavy atom. The molecule has 0 spiro atoms. The molecule has 0 amide bonds. The van der Waals surface area contributed by atoms with Crippen molar-refractivity contribution in [1.29, 1.82) is 0 Å². The molecule has 3 fully saturated rings. The molecule has 3 aliphatic rings. The van der Waals surface area contributed by atoms with E-state index in [4.69, 9.17) is 19.3 Å². The number of carbonyl (C=O) groups is 1. The van der Waals surface area contributed by atoms with Gasteiger partial charge in [0.25, 0.3) is 0 Å². The maximum absolute atomic E-state index is 10.5. The lowest BCUT2D eigenvalue weighted by Crippen LogP contribution is -2.31. The second kappa shape index (κ2) is 7.47. The van der Waals surface area contributed by atoms with E-state index in [1.54, 1.807) is 0 Å². The van der Waals surface area contributed by atoms with Crippen LogP contribution in [-0.2, 0) is 19.0 Å². The van der Waals surface area contributed by atoms with Crippen molar-refractivity contribution < 1.29 is 29.2 Å². The summed E-state index contributed by atoms with van der Waals surface area (Å²) in [5, 5.41) is 19.2. The lowest BCUT2D eigenvalue weighted by Gasteiger charge is -2.28. The van der Waals surface area contributed by atoms with Crippen LogP contribution >= 0.6 is 0 Å². The van der Waals surface area contributed by atoms with Crippen molar-refractivity contribution in [3.8, 4) is 0 Å². The topological polar surface area (TPSA) is 85.2 Å². The van der Waals surface area contributed by atoms with Crippen LogP contribution in [0.2, 0.25) is 0 Å². The first-order valence-electron chi connectivity index (χ1n) is 8.93. The Labute approximate surface area is 137 Å². The standard InChI is InChI=1S/C17H28O6/c18-15(19)5-1-3-7-17(20)11-12-9-13(10-14(12)23-17)22-16-6-2-4-8-21-16/h12-14,16,20H,1-11H2,(H,18,19). The number of aliphatic hydroxyl groups is 1. The number of ether oxygens (including phenoxy) is 3. The SMILES string of the molecule is O=C(O)CCCCC1(O)CC2CC(OC3CCCCO3)CC2O1. The third-order valence-electron chi connectivity index (χ3n) is 5.23. The second-order valence-electron chi connectivity index (χ2n) is 7.19. The lowest BCUT2D eigenvalue weighted by atomic mass is 9.96. The molecular weight excluding hydrogens is 300 g/mol. The summed E-state index contributed by atoms with van der Waals surface area (Å²) in [6.07, 6.45) is 7.73. The molecule has 0 aromatic carbocycles. The van der Waals surface area contributed by atoms with Crippen molar-refractivity contribution in [2.45, 2.75) is 88.5 Å². The minimum atomic E-state index is -1.07. The fraction of sp³-hybridized carbons (Fsp3) is 0.941. The van der Waals surface area contributed by atoms with E-state index in [1.165, 1.54) is 0 Å². The molecular formula is C17H28O6. The zero-order valence-corrected chi connectivity index (χ0v) is 13.6. The van der Waals surface area contributed by atoms with Gasteiger partial charge in [-0.1, -0.05) is 0 Å². The predicted molar refractivity (Wildman–Crippen MR) is 81.7 cm³/mol. The molecule has 0 aromatic rings. The summed E-state index contributed by atoms with van der Waals surface area (Å²) in [5.41, 5.74) is 0. The minimum absolute atomic E-state index is 0.0630. The number of hydrogen-bond acceptors (Lipinski definition) is 5. The summed E-state index contributed by atoms with van der Waals surface area (Å²) in [6.45, 7) is 0.789. The minimum Gasteiger partial charge on any atom is -0.481 e. The highest BCUT2D eigenvalue weighted by Crippen LogP contribution is 2.46. The smallest absolute Gasteiger partial charge is 0.303 e. The van der Waals surface area contributed by atoms with Gasteiger partial charge in [-0.2, -0.15) is 0 Å². The monoisotopic (exact) mass is 328 g/mol. The number of hydrogen-bond donors (Lipinski definition) is 2. The highest BCUT2D eigenvalue weighted by molar-refractivity contribution is 5.66. The molecule has 1 saturated carbocycles. The summed E-state index contributed by atoms with van der Waals surface area (Å²) in [5.74, 6) is -1.51. The second-order valence-corrected chi connectivity index (χ2v) is 7.19.